The number of halogens is 3. The van der Waals surface area contributed by atoms with Crippen LogP contribution in [0.1, 0.15) is 23.3 Å². The summed E-state index contributed by atoms with van der Waals surface area (Å²) in [4.78, 5) is 11.2. The summed E-state index contributed by atoms with van der Waals surface area (Å²) in [6.07, 6.45) is -4.63. The Kier molecular flexibility index (Phi) is 2.79. The molecule has 0 radical (unpaired) electrons. The van der Waals surface area contributed by atoms with E-state index in [-0.39, 0.29) is 18.5 Å². The molecule has 1 aliphatic rings. The van der Waals surface area contributed by atoms with Crippen LogP contribution in [-0.2, 0) is 0 Å². The molecule has 110 valence electrons. The molecule has 21 heavy (non-hydrogen) atoms. The highest BCUT2D eigenvalue weighted by Gasteiger charge is 2.64. The summed E-state index contributed by atoms with van der Waals surface area (Å²) in [5.74, 6) is -1.42. The number of rotatable bonds is 3. The lowest BCUT2D eigenvalue weighted by molar-refractivity contribution is -0.151. The van der Waals surface area contributed by atoms with Gasteiger partial charge in [0.05, 0.1) is 11.2 Å². The summed E-state index contributed by atoms with van der Waals surface area (Å²) in [6.45, 7) is 0. The first-order chi connectivity index (χ1) is 9.84. The summed E-state index contributed by atoms with van der Waals surface area (Å²) >= 11 is 0. The molecule has 3 rings (SSSR count). The van der Waals surface area contributed by atoms with E-state index in [1.54, 1.807) is 18.2 Å². The van der Waals surface area contributed by atoms with Crippen LogP contribution >= 0.6 is 0 Å². The second-order valence-electron chi connectivity index (χ2n) is 4.95. The molecule has 0 saturated heterocycles. The van der Waals surface area contributed by atoms with Crippen LogP contribution in [0.15, 0.2) is 24.3 Å². The highest BCUT2D eigenvalue weighted by atomic mass is 19.4. The lowest BCUT2D eigenvalue weighted by Crippen LogP contribution is -2.39. The third-order valence-corrected chi connectivity index (χ3v) is 3.53. The maximum atomic E-state index is 13.1. The number of carboxylic acid groups (broad SMARTS) is 1. The largest absolute Gasteiger partial charge is 0.476 e. The van der Waals surface area contributed by atoms with Crippen molar-refractivity contribution in [3.8, 4) is 0 Å². The molecule has 0 amide bonds. The molecule has 0 atom stereocenters. The normalized spacial score (nSPS) is 16.7. The number of fused-ring (bicyclic) bond motifs is 1. The van der Waals surface area contributed by atoms with Gasteiger partial charge in [-0.3, -0.25) is 0 Å². The zero-order valence-electron chi connectivity index (χ0n) is 10.6. The zero-order chi connectivity index (χ0) is 15.3. The van der Waals surface area contributed by atoms with Crippen LogP contribution in [0, 0.1) is 0 Å². The Bertz CT molecular complexity index is 726. The van der Waals surface area contributed by atoms with E-state index in [4.69, 9.17) is 5.11 Å². The lowest BCUT2D eigenvalue weighted by atomic mass is 10.1. The summed E-state index contributed by atoms with van der Waals surface area (Å²) in [6, 6.07) is 6.34. The number of carbonyl (C=O) groups is 1. The van der Waals surface area contributed by atoms with Gasteiger partial charge in [0.1, 0.15) is 5.54 Å². The standard InChI is InChI=1S/C13H10F3N3O2/c14-13(15,16)12(5-6-12)17-9-7-3-1-2-4-8(7)18-19-10(9)11(20)21/h1-4H,5-6H2,(H,17,18)(H,20,21). The molecular formula is C13H10F3N3O2. The molecule has 2 aromatic rings. The van der Waals surface area contributed by atoms with Gasteiger partial charge in [0.2, 0.25) is 0 Å². The molecule has 8 heteroatoms. The molecule has 1 aromatic heterocycles. The van der Waals surface area contributed by atoms with Gasteiger partial charge in [-0.25, -0.2) is 4.79 Å². The zero-order valence-corrected chi connectivity index (χ0v) is 10.6. The number of aromatic nitrogens is 2. The first-order valence-corrected chi connectivity index (χ1v) is 6.18. The van der Waals surface area contributed by atoms with Gasteiger partial charge in [0.15, 0.2) is 5.69 Å². The van der Waals surface area contributed by atoms with Crippen molar-refractivity contribution in [2.45, 2.75) is 24.6 Å². The second-order valence-corrected chi connectivity index (χ2v) is 4.95. The van der Waals surface area contributed by atoms with Crippen molar-refractivity contribution in [1.29, 1.82) is 0 Å². The molecule has 0 aliphatic heterocycles. The van der Waals surface area contributed by atoms with E-state index in [1.807, 2.05) is 0 Å². The van der Waals surface area contributed by atoms with Gasteiger partial charge in [-0.15, -0.1) is 10.2 Å². The summed E-state index contributed by atoms with van der Waals surface area (Å²) in [5.41, 5.74) is -2.38. The number of hydrogen-bond donors (Lipinski definition) is 2. The van der Waals surface area contributed by atoms with Crippen LogP contribution in [0.3, 0.4) is 0 Å². The van der Waals surface area contributed by atoms with Gasteiger partial charge in [0, 0.05) is 5.39 Å². The number of anilines is 1. The number of aromatic carboxylic acids is 1. The van der Waals surface area contributed by atoms with Crippen LogP contribution in [-0.4, -0.2) is 33.0 Å². The van der Waals surface area contributed by atoms with E-state index >= 15 is 0 Å². The number of hydrogen-bond acceptors (Lipinski definition) is 4. The quantitative estimate of drug-likeness (QED) is 0.911. The molecule has 1 aromatic carbocycles. The van der Waals surface area contributed by atoms with Crippen molar-refractivity contribution in [2.24, 2.45) is 0 Å². The highest BCUT2D eigenvalue weighted by molar-refractivity contribution is 6.02. The molecule has 0 unspecified atom stereocenters. The van der Waals surface area contributed by atoms with Crippen LogP contribution in [0.5, 0.6) is 0 Å². The molecule has 0 spiro atoms. The lowest BCUT2D eigenvalue weighted by Gasteiger charge is -2.23. The van der Waals surface area contributed by atoms with E-state index in [2.05, 4.69) is 15.5 Å². The van der Waals surface area contributed by atoms with Gasteiger partial charge in [-0.1, -0.05) is 18.2 Å². The number of benzene rings is 1. The maximum Gasteiger partial charge on any atom is 0.411 e. The fraction of sp³-hybridized carbons (Fsp3) is 0.308. The Hall–Kier alpha value is -2.38. The SMILES string of the molecule is O=C(O)c1nnc2ccccc2c1NC1(C(F)(F)F)CC1. The van der Waals surface area contributed by atoms with Crippen molar-refractivity contribution < 1.29 is 23.1 Å². The van der Waals surface area contributed by atoms with Crippen molar-refractivity contribution in [2.75, 3.05) is 5.32 Å². The van der Waals surface area contributed by atoms with Crippen LogP contribution in [0.25, 0.3) is 10.9 Å². The average molecular weight is 297 g/mol. The molecule has 0 bridgehead atoms. The monoisotopic (exact) mass is 297 g/mol. The van der Waals surface area contributed by atoms with Gasteiger partial charge in [-0.2, -0.15) is 13.2 Å². The highest BCUT2D eigenvalue weighted by Crippen LogP contribution is 2.52. The number of alkyl halides is 3. The molecule has 2 N–H and O–H groups in total. The molecule has 1 aliphatic carbocycles. The third kappa shape index (κ3) is 2.16. The van der Waals surface area contributed by atoms with Gasteiger partial charge in [-0.05, 0) is 18.9 Å². The Morgan fingerprint density at radius 2 is 1.90 bits per heavy atom. The minimum absolute atomic E-state index is 0.0911. The Morgan fingerprint density at radius 1 is 1.24 bits per heavy atom. The predicted octanol–water partition coefficient (Wildman–Crippen LogP) is 2.83. The van der Waals surface area contributed by atoms with Crippen LogP contribution in [0.4, 0.5) is 18.9 Å². The van der Waals surface area contributed by atoms with E-state index in [0.717, 1.165) is 0 Å². The van der Waals surface area contributed by atoms with E-state index in [1.165, 1.54) is 6.07 Å². The Labute approximate surface area is 116 Å². The Balaban J connectivity index is 2.16. The molecule has 1 fully saturated rings. The second kappa shape index (κ2) is 4.31. The van der Waals surface area contributed by atoms with E-state index < -0.39 is 23.4 Å². The number of nitrogens with zero attached hydrogens (tertiary/aromatic N) is 2. The molecular weight excluding hydrogens is 287 g/mol. The van der Waals surface area contributed by atoms with Crippen LogP contribution < -0.4 is 5.32 Å². The average Bonchev–Trinajstić information content (AvgIpc) is 3.19. The first kappa shape index (κ1) is 13.6. The predicted molar refractivity (Wildman–Crippen MR) is 68.1 cm³/mol. The smallest absolute Gasteiger partial charge is 0.411 e. The fourth-order valence-corrected chi connectivity index (χ4v) is 2.17. The van der Waals surface area contributed by atoms with Crippen molar-refractivity contribution in [1.82, 2.24) is 10.2 Å². The van der Waals surface area contributed by atoms with Gasteiger partial charge in [0.25, 0.3) is 0 Å². The topological polar surface area (TPSA) is 75.1 Å². The van der Waals surface area contributed by atoms with Crippen molar-refractivity contribution >= 4 is 22.6 Å². The minimum atomic E-state index is -4.45. The van der Waals surface area contributed by atoms with Crippen LogP contribution in [0.2, 0.25) is 0 Å². The first-order valence-electron chi connectivity index (χ1n) is 6.18. The fourth-order valence-electron chi connectivity index (χ4n) is 2.17. The summed E-state index contributed by atoms with van der Waals surface area (Å²) in [7, 11) is 0. The third-order valence-electron chi connectivity index (χ3n) is 3.53. The van der Waals surface area contributed by atoms with E-state index in [0.29, 0.717) is 10.9 Å². The summed E-state index contributed by atoms with van der Waals surface area (Å²) in [5, 5.41) is 19.0. The van der Waals surface area contributed by atoms with Gasteiger partial charge < -0.3 is 10.4 Å². The molecule has 1 heterocycles. The van der Waals surface area contributed by atoms with E-state index in [9.17, 15) is 18.0 Å². The number of carboxylic acids is 1. The van der Waals surface area contributed by atoms with Crippen molar-refractivity contribution in [3.63, 3.8) is 0 Å². The molecule has 5 nitrogen and oxygen atoms in total. The van der Waals surface area contributed by atoms with Crippen molar-refractivity contribution in [3.05, 3.63) is 30.0 Å². The summed E-state index contributed by atoms with van der Waals surface area (Å²) < 4.78 is 39.2. The maximum absolute atomic E-state index is 13.1. The minimum Gasteiger partial charge on any atom is -0.476 e. The Morgan fingerprint density at radius 3 is 2.48 bits per heavy atom. The molecule has 1 saturated carbocycles. The van der Waals surface area contributed by atoms with Gasteiger partial charge >= 0.3 is 12.1 Å². The number of nitrogens with one attached hydrogen (secondary N) is 1.